The fraction of sp³-hybridized carbons (Fsp3) is 0.565. The average molecular weight is 357 g/mol. The number of aldehydes is 1. The van der Waals surface area contributed by atoms with Crippen LogP contribution in [-0.4, -0.2) is 37.0 Å². The Bertz CT molecular complexity index is 572. The normalized spacial score (nSPS) is 12.7. The smallest absolute Gasteiger partial charge is 0.133 e. The van der Waals surface area contributed by atoms with Gasteiger partial charge in [0.05, 0.1) is 6.54 Å². The molecule has 26 heavy (non-hydrogen) atoms. The van der Waals surface area contributed by atoms with Crippen LogP contribution in [0.2, 0.25) is 0 Å². The molecule has 1 aromatic carbocycles. The van der Waals surface area contributed by atoms with Crippen LogP contribution in [0, 0.1) is 0 Å². The number of unbranched alkanes of at least 4 members (excludes halogenated alkanes) is 2. The fourth-order valence-corrected chi connectivity index (χ4v) is 2.85. The maximum absolute atomic E-state index is 10.8. The molecule has 0 saturated carbocycles. The topological polar surface area (TPSA) is 32.7 Å². The van der Waals surface area contributed by atoms with Crippen molar-refractivity contribution in [1.29, 1.82) is 0 Å². The van der Waals surface area contributed by atoms with Crippen molar-refractivity contribution in [3.8, 4) is 0 Å². The number of rotatable bonds is 13. The Balaban J connectivity index is 2.47. The van der Waals surface area contributed by atoms with E-state index in [2.05, 4.69) is 61.9 Å². The van der Waals surface area contributed by atoms with Crippen LogP contribution in [0.3, 0.4) is 0 Å². The van der Waals surface area contributed by atoms with Crippen molar-refractivity contribution in [2.75, 3.05) is 19.6 Å². The van der Waals surface area contributed by atoms with Gasteiger partial charge in [0.25, 0.3) is 0 Å². The van der Waals surface area contributed by atoms with Crippen LogP contribution in [0.5, 0.6) is 0 Å². The number of aliphatic imine (C=N–C) groups is 1. The summed E-state index contributed by atoms with van der Waals surface area (Å²) in [6.45, 7) is 11.2. The highest BCUT2D eigenvalue weighted by Gasteiger charge is 2.04. The first kappa shape index (κ1) is 22.3. The molecular weight excluding hydrogens is 320 g/mol. The second-order valence-corrected chi connectivity index (χ2v) is 7.00. The first-order valence-corrected chi connectivity index (χ1v) is 10.1. The van der Waals surface area contributed by atoms with Crippen LogP contribution >= 0.6 is 0 Å². The SMILES string of the molecule is CCCCCN(CC=O)CCC/C(C)=C(\C)N=Cc1ccc(CC)cc1. The van der Waals surface area contributed by atoms with Gasteiger partial charge < -0.3 is 4.79 Å². The lowest BCUT2D eigenvalue weighted by molar-refractivity contribution is -0.108. The zero-order valence-corrected chi connectivity index (χ0v) is 17.1. The molecule has 0 bridgehead atoms. The molecule has 1 aromatic rings. The summed E-state index contributed by atoms with van der Waals surface area (Å²) >= 11 is 0. The van der Waals surface area contributed by atoms with Gasteiger partial charge in [-0.15, -0.1) is 0 Å². The van der Waals surface area contributed by atoms with Crippen LogP contribution in [-0.2, 0) is 11.2 Å². The van der Waals surface area contributed by atoms with Gasteiger partial charge in [-0.25, -0.2) is 0 Å². The highest BCUT2D eigenvalue weighted by molar-refractivity contribution is 5.80. The minimum Gasteiger partial charge on any atom is -0.302 e. The molecule has 0 fully saturated rings. The Morgan fingerprint density at radius 3 is 2.35 bits per heavy atom. The summed E-state index contributed by atoms with van der Waals surface area (Å²) in [5, 5.41) is 0. The third-order valence-electron chi connectivity index (χ3n) is 4.85. The Kier molecular flexibility index (Phi) is 11.5. The maximum Gasteiger partial charge on any atom is 0.133 e. The van der Waals surface area contributed by atoms with Crippen LogP contribution in [0.15, 0.2) is 40.5 Å². The first-order valence-electron chi connectivity index (χ1n) is 10.1. The van der Waals surface area contributed by atoms with Crippen LogP contribution in [0.4, 0.5) is 0 Å². The van der Waals surface area contributed by atoms with E-state index in [9.17, 15) is 4.79 Å². The molecule has 0 unspecified atom stereocenters. The molecule has 0 amide bonds. The molecule has 0 heterocycles. The summed E-state index contributed by atoms with van der Waals surface area (Å²) in [5.74, 6) is 0. The molecule has 0 aliphatic heterocycles. The van der Waals surface area contributed by atoms with E-state index in [0.29, 0.717) is 6.54 Å². The number of allylic oxidation sites excluding steroid dienone is 2. The number of hydrogen-bond acceptors (Lipinski definition) is 3. The fourth-order valence-electron chi connectivity index (χ4n) is 2.85. The average Bonchev–Trinajstić information content (AvgIpc) is 2.66. The summed E-state index contributed by atoms with van der Waals surface area (Å²) in [5.41, 5.74) is 4.91. The molecule has 0 atom stereocenters. The molecular formula is C23H36N2O. The molecule has 0 spiro atoms. The van der Waals surface area contributed by atoms with Crippen molar-refractivity contribution >= 4 is 12.5 Å². The van der Waals surface area contributed by atoms with Gasteiger partial charge in [-0.05, 0) is 63.7 Å². The van der Waals surface area contributed by atoms with E-state index in [1.807, 2.05) is 6.21 Å². The van der Waals surface area contributed by atoms with E-state index in [1.54, 1.807) is 0 Å². The molecule has 0 saturated heterocycles. The quantitative estimate of drug-likeness (QED) is 0.268. The van der Waals surface area contributed by atoms with E-state index in [4.69, 9.17) is 0 Å². The minimum absolute atomic E-state index is 0.553. The third-order valence-corrected chi connectivity index (χ3v) is 4.85. The van der Waals surface area contributed by atoms with E-state index < -0.39 is 0 Å². The van der Waals surface area contributed by atoms with Gasteiger partial charge in [0.1, 0.15) is 6.29 Å². The molecule has 144 valence electrons. The Hall–Kier alpha value is -1.74. The lowest BCUT2D eigenvalue weighted by Crippen LogP contribution is -2.28. The summed E-state index contributed by atoms with van der Waals surface area (Å²) in [7, 11) is 0. The number of aryl methyl sites for hydroxylation is 1. The van der Waals surface area contributed by atoms with Crippen LogP contribution < -0.4 is 0 Å². The van der Waals surface area contributed by atoms with Crippen LogP contribution in [0.1, 0.15) is 70.9 Å². The summed E-state index contributed by atoms with van der Waals surface area (Å²) in [4.78, 5) is 17.7. The monoisotopic (exact) mass is 356 g/mol. The Morgan fingerprint density at radius 1 is 1.04 bits per heavy atom. The molecule has 0 aliphatic rings. The molecule has 1 rings (SSSR count). The van der Waals surface area contributed by atoms with E-state index in [1.165, 1.54) is 30.4 Å². The maximum atomic E-state index is 10.8. The molecule has 3 heteroatoms. The number of hydrogen-bond donors (Lipinski definition) is 0. The van der Waals surface area contributed by atoms with Crippen molar-refractivity contribution in [2.45, 2.75) is 66.2 Å². The van der Waals surface area contributed by atoms with E-state index in [-0.39, 0.29) is 0 Å². The molecule has 3 nitrogen and oxygen atoms in total. The Labute approximate surface area is 160 Å². The largest absolute Gasteiger partial charge is 0.302 e. The predicted octanol–water partition coefficient (Wildman–Crippen LogP) is 5.43. The molecule has 0 aromatic heterocycles. The molecule has 0 N–H and O–H groups in total. The summed E-state index contributed by atoms with van der Waals surface area (Å²) < 4.78 is 0. The summed E-state index contributed by atoms with van der Waals surface area (Å²) in [6.07, 6.45) is 9.77. The van der Waals surface area contributed by atoms with E-state index >= 15 is 0 Å². The minimum atomic E-state index is 0.553. The summed E-state index contributed by atoms with van der Waals surface area (Å²) in [6, 6.07) is 8.57. The van der Waals surface area contributed by atoms with Gasteiger partial charge >= 0.3 is 0 Å². The van der Waals surface area contributed by atoms with Crippen molar-refractivity contribution in [2.24, 2.45) is 4.99 Å². The van der Waals surface area contributed by atoms with E-state index in [0.717, 1.165) is 49.9 Å². The van der Waals surface area contributed by atoms with Gasteiger partial charge in [-0.2, -0.15) is 0 Å². The van der Waals surface area contributed by atoms with Crippen molar-refractivity contribution < 1.29 is 4.79 Å². The highest BCUT2D eigenvalue weighted by atomic mass is 16.1. The number of nitrogens with zero attached hydrogens (tertiary/aromatic N) is 2. The second kappa shape index (κ2) is 13.5. The molecule has 0 radical (unpaired) electrons. The predicted molar refractivity (Wildman–Crippen MR) is 113 cm³/mol. The number of carbonyl (C=O) groups excluding carboxylic acids is 1. The third kappa shape index (κ3) is 9.10. The zero-order valence-electron chi connectivity index (χ0n) is 17.1. The Morgan fingerprint density at radius 2 is 1.73 bits per heavy atom. The van der Waals surface area contributed by atoms with Gasteiger partial charge in [-0.1, -0.05) is 56.5 Å². The van der Waals surface area contributed by atoms with Gasteiger partial charge in [0, 0.05) is 11.9 Å². The standard InChI is InChI=1S/C23H36N2O/c1-5-7-8-15-25(17-18-26)16-9-10-20(3)21(4)24-19-23-13-11-22(6-2)12-14-23/h11-14,18-19H,5-10,15-17H2,1-4H3/b21-20+,24-19?. The highest BCUT2D eigenvalue weighted by Crippen LogP contribution is 2.13. The lowest BCUT2D eigenvalue weighted by Gasteiger charge is -2.19. The number of carbonyl (C=O) groups is 1. The van der Waals surface area contributed by atoms with Gasteiger partial charge in [-0.3, -0.25) is 9.89 Å². The van der Waals surface area contributed by atoms with Crippen LogP contribution in [0.25, 0.3) is 0 Å². The first-order chi connectivity index (χ1) is 12.6. The molecule has 0 aliphatic carbocycles. The van der Waals surface area contributed by atoms with Gasteiger partial charge in [0.2, 0.25) is 0 Å². The number of benzene rings is 1. The van der Waals surface area contributed by atoms with Crippen molar-refractivity contribution in [3.05, 3.63) is 46.7 Å². The lowest BCUT2D eigenvalue weighted by atomic mass is 10.1. The van der Waals surface area contributed by atoms with Crippen molar-refractivity contribution in [3.63, 3.8) is 0 Å². The second-order valence-electron chi connectivity index (χ2n) is 7.00. The van der Waals surface area contributed by atoms with Gasteiger partial charge in [0.15, 0.2) is 0 Å². The zero-order chi connectivity index (χ0) is 19.2. The van der Waals surface area contributed by atoms with Crippen molar-refractivity contribution in [1.82, 2.24) is 4.90 Å².